The van der Waals surface area contributed by atoms with E-state index in [0.29, 0.717) is 23.1 Å². The first kappa shape index (κ1) is 19.9. The van der Waals surface area contributed by atoms with Crippen molar-refractivity contribution in [3.8, 4) is 11.3 Å². The van der Waals surface area contributed by atoms with Crippen molar-refractivity contribution in [1.82, 2.24) is 9.88 Å². The van der Waals surface area contributed by atoms with Gasteiger partial charge in [0.2, 0.25) is 0 Å². The molecule has 0 atom stereocenters. The fraction of sp³-hybridized carbons (Fsp3) is 0.263. The SMILES string of the molecule is O=C(c1ccc([N+](=O)[O-])o1)N1CCC(c2nc(-c3ccc(Cl)c(Cl)c3)cs2)CC1. The third-order valence-corrected chi connectivity index (χ3v) is 6.60. The van der Waals surface area contributed by atoms with E-state index in [4.69, 9.17) is 32.6 Å². The van der Waals surface area contributed by atoms with Crippen LogP contribution in [-0.4, -0.2) is 33.8 Å². The monoisotopic (exact) mass is 451 g/mol. The van der Waals surface area contributed by atoms with Crippen LogP contribution in [0.2, 0.25) is 10.0 Å². The fourth-order valence-electron chi connectivity index (χ4n) is 3.29. The molecule has 150 valence electrons. The van der Waals surface area contributed by atoms with Gasteiger partial charge in [0, 0.05) is 30.0 Å². The molecule has 10 heteroatoms. The van der Waals surface area contributed by atoms with E-state index in [0.717, 1.165) is 29.1 Å². The first-order chi connectivity index (χ1) is 13.9. The molecule has 2 aromatic heterocycles. The van der Waals surface area contributed by atoms with Gasteiger partial charge in [-0.15, -0.1) is 11.3 Å². The van der Waals surface area contributed by atoms with Crippen molar-refractivity contribution in [2.75, 3.05) is 13.1 Å². The molecule has 0 unspecified atom stereocenters. The van der Waals surface area contributed by atoms with Crippen molar-refractivity contribution in [3.63, 3.8) is 0 Å². The largest absolute Gasteiger partial charge is 0.433 e. The molecule has 1 amide bonds. The Labute approximate surface area is 180 Å². The normalized spacial score (nSPS) is 14.9. The quantitative estimate of drug-likeness (QED) is 0.378. The zero-order valence-electron chi connectivity index (χ0n) is 15.0. The maximum Gasteiger partial charge on any atom is 0.433 e. The van der Waals surface area contributed by atoms with Crippen LogP contribution < -0.4 is 0 Å². The van der Waals surface area contributed by atoms with Gasteiger partial charge in [-0.05, 0) is 31.0 Å². The van der Waals surface area contributed by atoms with Gasteiger partial charge in [0.25, 0.3) is 5.91 Å². The topological polar surface area (TPSA) is 89.5 Å². The van der Waals surface area contributed by atoms with Gasteiger partial charge >= 0.3 is 5.88 Å². The van der Waals surface area contributed by atoms with Crippen LogP contribution in [0, 0.1) is 10.1 Å². The van der Waals surface area contributed by atoms with Gasteiger partial charge in [-0.1, -0.05) is 29.3 Å². The summed E-state index contributed by atoms with van der Waals surface area (Å²) in [5, 5.41) is 14.7. The van der Waals surface area contributed by atoms with Gasteiger partial charge in [-0.25, -0.2) is 4.98 Å². The van der Waals surface area contributed by atoms with E-state index in [9.17, 15) is 14.9 Å². The van der Waals surface area contributed by atoms with Crippen molar-refractivity contribution in [1.29, 1.82) is 0 Å². The second kappa shape index (κ2) is 8.14. The lowest BCUT2D eigenvalue weighted by molar-refractivity contribution is -0.402. The summed E-state index contributed by atoms with van der Waals surface area (Å²) in [7, 11) is 0. The van der Waals surface area contributed by atoms with E-state index in [1.807, 2.05) is 11.4 Å². The number of hydrogen-bond donors (Lipinski definition) is 0. The Hall–Kier alpha value is -2.42. The van der Waals surface area contributed by atoms with Crippen LogP contribution in [0.15, 0.2) is 40.1 Å². The highest BCUT2D eigenvalue weighted by Crippen LogP contribution is 2.35. The van der Waals surface area contributed by atoms with Gasteiger partial charge in [0.1, 0.15) is 4.92 Å². The number of thiazole rings is 1. The average Bonchev–Trinajstić information content (AvgIpc) is 3.40. The van der Waals surface area contributed by atoms with Gasteiger partial charge in [-0.3, -0.25) is 14.9 Å². The molecule has 1 aromatic carbocycles. The average molecular weight is 452 g/mol. The number of aromatic nitrogens is 1. The Kier molecular flexibility index (Phi) is 5.58. The number of carbonyl (C=O) groups is 1. The number of nitro groups is 1. The molecular formula is C19H15Cl2N3O4S. The third-order valence-electron chi connectivity index (χ3n) is 4.85. The van der Waals surface area contributed by atoms with Crippen LogP contribution in [0.5, 0.6) is 0 Å². The summed E-state index contributed by atoms with van der Waals surface area (Å²) < 4.78 is 5.02. The van der Waals surface area contributed by atoms with Crippen molar-refractivity contribution in [2.45, 2.75) is 18.8 Å². The molecule has 0 aliphatic carbocycles. The molecule has 3 heterocycles. The molecule has 1 saturated heterocycles. The number of piperidine rings is 1. The Bertz CT molecular complexity index is 1070. The lowest BCUT2D eigenvalue weighted by Gasteiger charge is -2.30. The molecule has 1 aliphatic rings. The summed E-state index contributed by atoms with van der Waals surface area (Å²) in [6.45, 7) is 1.08. The molecule has 3 aromatic rings. The first-order valence-corrected chi connectivity index (χ1v) is 10.5. The molecule has 0 radical (unpaired) electrons. The number of benzene rings is 1. The van der Waals surface area contributed by atoms with Crippen molar-refractivity contribution < 1.29 is 14.1 Å². The van der Waals surface area contributed by atoms with Crippen LogP contribution in [0.1, 0.15) is 34.3 Å². The van der Waals surface area contributed by atoms with Crippen LogP contribution in [0.25, 0.3) is 11.3 Å². The number of nitrogens with zero attached hydrogens (tertiary/aromatic N) is 3. The van der Waals surface area contributed by atoms with Crippen LogP contribution in [0.4, 0.5) is 5.88 Å². The van der Waals surface area contributed by atoms with Crippen molar-refractivity contribution in [2.24, 2.45) is 0 Å². The predicted molar refractivity (Wildman–Crippen MR) is 111 cm³/mol. The second-order valence-electron chi connectivity index (χ2n) is 6.66. The molecular weight excluding hydrogens is 437 g/mol. The first-order valence-electron chi connectivity index (χ1n) is 8.86. The predicted octanol–water partition coefficient (Wildman–Crippen LogP) is 5.64. The molecule has 7 nitrogen and oxygen atoms in total. The maximum absolute atomic E-state index is 12.5. The molecule has 4 rings (SSSR count). The highest BCUT2D eigenvalue weighted by molar-refractivity contribution is 7.10. The Morgan fingerprint density at radius 3 is 2.62 bits per heavy atom. The van der Waals surface area contributed by atoms with Crippen molar-refractivity contribution >= 4 is 46.3 Å². The Morgan fingerprint density at radius 2 is 1.97 bits per heavy atom. The summed E-state index contributed by atoms with van der Waals surface area (Å²) in [6.07, 6.45) is 1.53. The van der Waals surface area contributed by atoms with Gasteiger partial charge < -0.3 is 9.32 Å². The number of amides is 1. The standard InChI is InChI=1S/C19H15Cl2N3O4S/c20-13-2-1-12(9-14(13)21)15-10-29-18(22-15)11-5-7-23(8-6-11)19(25)16-3-4-17(28-16)24(26)27/h1-4,9-11H,5-8H2. The summed E-state index contributed by atoms with van der Waals surface area (Å²) >= 11 is 13.7. The minimum absolute atomic E-state index is 0.00805. The summed E-state index contributed by atoms with van der Waals surface area (Å²) in [5.41, 5.74) is 1.76. The minimum atomic E-state index is -0.656. The molecule has 1 aliphatic heterocycles. The molecule has 0 N–H and O–H groups in total. The number of hydrogen-bond acceptors (Lipinski definition) is 6. The zero-order valence-corrected chi connectivity index (χ0v) is 17.3. The number of likely N-dealkylation sites (tertiary alicyclic amines) is 1. The molecule has 0 bridgehead atoms. The maximum atomic E-state index is 12.5. The van der Waals surface area contributed by atoms with E-state index >= 15 is 0 Å². The number of halogens is 2. The van der Waals surface area contributed by atoms with E-state index in [1.165, 1.54) is 12.1 Å². The number of carbonyl (C=O) groups excluding carboxylic acids is 1. The molecule has 0 spiro atoms. The van der Waals surface area contributed by atoms with E-state index < -0.39 is 10.8 Å². The molecule has 0 saturated carbocycles. The Morgan fingerprint density at radius 1 is 1.21 bits per heavy atom. The van der Waals surface area contributed by atoms with Gasteiger partial charge in [-0.2, -0.15) is 0 Å². The minimum Gasteiger partial charge on any atom is -0.395 e. The Balaban J connectivity index is 1.40. The smallest absolute Gasteiger partial charge is 0.395 e. The zero-order chi connectivity index (χ0) is 20.5. The lowest BCUT2D eigenvalue weighted by Crippen LogP contribution is -2.37. The van der Waals surface area contributed by atoms with E-state index in [1.54, 1.807) is 28.4 Å². The highest BCUT2D eigenvalue weighted by Gasteiger charge is 2.28. The molecule has 1 fully saturated rings. The van der Waals surface area contributed by atoms with Crippen LogP contribution >= 0.6 is 34.5 Å². The van der Waals surface area contributed by atoms with E-state index in [-0.39, 0.29) is 17.6 Å². The summed E-state index contributed by atoms with van der Waals surface area (Å²) in [5.74, 6) is -0.508. The second-order valence-corrected chi connectivity index (χ2v) is 8.37. The van der Waals surface area contributed by atoms with Crippen LogP contribution in [-0.2, 0) is 0 Å². The number of furan rings is 1. The fourth-order valence-corrected chi connectivity index (χ4v) is 4.59. The van der Waals surface area contributed by atoms with Crippen LogP contribution in [0.3, 0.4) is 0 Å². The molecule has 29 heavy (non-hydrogen) atoms. The number of rotatable bonds is 4. The summed E-state index contributed by atoms with van der Waals surface area (Å²) in [4.78, 5) is 29.0. The highest BCUT2D eigenvalue weighted by atomic mass is 35.5. The lowest BCUT2D eigenvalue weighted by atomic mass is 9.97. The van der Waals surface area contributed by atoms with E-state index in [2.05, 4.69) is 0 Å². The van der Waals surface area contributed by atoms with Gasteiger partial charge in [0.05, 0.1) is 26.8 Å². The summed E-state index contributed by atoms with van der Waals surface area (Å²) in [6, 6.07) is 7.97. The van der Waals surface area contributed by atoms with Gasteiger partial charge in [0.15, 0.2) is 5.76 Å². The third kappa shape index (κ3) is 4.14. The van der Waals surface area contributed by atoms with Crippen molar-refractivity contribution in [3.05, 3.63) is 66.6 Å².